The Labute approximate surface area is 90.3 Å². The molecule has 0 spiro atoms. The standard InChI is InChI=1S/C12H15N3/c1-12(2)8-15(3)11-6-9(7-13)4-5-10(11)14-12/h4-6,14H,8H2,1-3H3. The van der Waals surface area contributed by atoms with Crippen molar-refractivity contribution in [3.05, 3.63) is 23.8 Å². The van der Waals surface area contributed by atoms with Crippen molar-refractivity contribution < 1.29 is 0 Å². The zero-order valence-corrected chi connectivity index (χ0v) is 9.33. The third-order valence-corrected chi connectivity index (χ3v) is 2.64. The first-order valence-corrected chi connectivity index (χ1v) is 5.05. The summed E-state index contributed by atoms with van der Waals surface area (Å²) in [5.41, 5.74) is 3.00. The number of fused-ring (bicyclic) bond motifs is 1. The summed E-state index contributed by atoms with van der Waals surface area (Å²) in [6.45, 7) is 5.28. The van der Waals surface area contributed by atoms with E-state index in [1.54, 1.807) is 0 Å². The van der Waals surface area contributed by atoms with Gasteiger partial charge in [-0.3, -0.25) is 0 Å². The maximum absolute atomic E-state index is 8.84. The SMILES string of the molecule is CN1CC(C)(C)Nc2ccc(C#N)cc21. The smallest absolute Gasteiger partial charge is 0.0992 e. The van der Waals surface area contributed by atoms with E-state index in [0.717, 1.165) is 17.9 Å². The van der Waals surface area contributed by atoms with Gasteiger partial charge in [0, 0.05) is 19.1 Å². The number of hydrogen-bond donors (Lipinski definition) is 1. The Morgan fingerprint density at radius 1 is 1.47 bits per heavy atom. The lowest BCUT2D eigenvalue weighted by atomic mass is 9.99. The summed E-state index contributed by atoms with van der Waals surface area (Å²) in [6.07, 6.45) is 0. The fraction of sp³-hybridized carbons (Fsp3) is 0.417. The van der Waals surface area contributed by atoms with Crippen molar-refractivity contribution in [1.82, 2.24) is 0 Å². The van der Waals surface area contributed by atoms with E-state index < -0.39 is 0 Å². The van der Waals surface area contributed by atoms with Crippen LogP contribution in [-0.4, -0.2) is 19.1 Å². The van der Waals surface area contributed by atoms with Crippen molar-refractivity contribution in [1.29, 1.82) is 5.26 Å². The van der Waals surface area contributed by atoms with E-state index in [1.165, 1.54) is 0 Å². The van der Waals surface area contributed by atoms with Crippen molar-refractivity contribution in [2.24, 2.45) is 0 Å². The second kappa shape index (κ2) is 3.16. The van der Waals surface area contributed by atoms with Gasteiger partial charge in [-0.25, -0.2) is 0 Å². The number of nitriles is 1. The number of hydrogen-bond acceptors (Lipinski definition) is 3. The van der Waals surface area contributed by atoms with Gasteiger partial charge in [0.05, 0.1) is 23.0 Å². The van der Waals surface area contributed by atoms with Crippen molar-refractivity contribution in [3.8, 4) is 6.07 Å². The lowest BCUT2D eigenvalue weighted by molar-refractivity contribution is 0.550. The molecule has 0 radical (unpaired) electrons. The molecule has 1 aromatic carbocycles. The summed E-state index contributed by atoms with van der Waals surface area (Å²) in [5, 5.41) is 12.3. The van der Waals surface area contributed by atoms with Gasteiger partial charge in [0.2, 0.25) is 0 Å². The molecule has 3 nitrogen and oxygen atoms in total. The second-order valence-electron chi connectivity index (χ2n) is 4.71. The van der Waals surface area contributed by atoms with Crippen molar-refractivity contribution >= 4 is 11.4 Å². The molecule has 1 N–H and O–H groups in total. The number of nitrogens with one attached hydrogen (secondary N) is 1. The van der Waals surface area contributed by atoms with Crippen molar-refractivity contribution in [2.75, 3.05) is 23.8 Å². The molecule has 0 saturated carbocycles. The third-order valence-electron chi connectivity index (χ3n) is 2.64. The molecular formula is C12H15N3. The molecular weight excluding hydrogens is 186 g/mol. The average molecular weight is 201 g/mol. The Hall–Kier alpha value is -1.69. The number of likely N-dealkylation sites (N-methyl/N-ethyl adjacent to an activating group) is 1. The Morgan fingerprint density at radius 3 is 2.87 bits per heavy atom. The molecule has 0 fully saturated rings. The van der Waals surface area contributed by atoms with Gasteiger partial charge in [0.1, 0.15) is 0 Å². The van der Waals surface area contributed by atoms with Gasteiger partial charge in [-0.15, -0.1) is 0 Å². The van der Waals surface area contributed by atoms with Crippen LogP contribution in [0.15, 0.2) is 18.2 Å². The fourth-order valence-corrected chi connectivity index (χ4v) is 2.10. The normalized spacial score (nSPS) is 17.6. The van der Waals surface area contributed by atoms with Gasteiger partial charge < -0.3 is 10.2 Å². The minimum atomic E-state index is 0.0793. The summed E-state index contributed by atoms with van der Waals surface area (Å²) in [5.74, 6) is 0. The van der Waals surface area contributed by atoms with Crippen LogP contribution in [-0.2, 0) is 0 Å². The molecule has 0 aliphatic carbocycles. The second-order valence-corrected chi connectivity index (χ2v) is 4.71. The maximum atomic E-state index is 8.84. The highest BCUT2D eigenvalue weighted by Crippen LogP contribution is 2.33. The molecule has 1 aromatic rings. The molecule has 1 heterocycles. The number of rotatable bonds is 0. The van der Waals surface area contributed by atoms with Crippen LogP contribution < -0.4 is 10.2 Å². The minimum Gasteiger partial charge on any atom is -0.377 e. The molecule has 0 saturated heterocycles. The van der Waals surface area contributed by atoms with E-state index in [4.69, 9.17) is 5.26 Å². The van der Waals surface area contributed by atoms with Crippen LogP contribution in [0.3, 0.4) is 0 Å². The van der Waals surface area contributed by atoms with Crippen LogP contribution in [0.2, 0.25) is 0 Å². The summed E-state index contributed by atoms with van der Waals surface area (Å²) in [6, 6.07) is 7.92. The van der Waals surface area contributed by atoms with Gasteiger partial charge in [0.15, 0.2) is 0 Å². The van der Waals surface area contributed by atoms with E-state index >= 15 is 0 Å². The Balaban J connectivity index is 2.47. The van der Waals surface area contributed by atoms with E-state index in [-0.39, 0.29) is 5.54 Å². The van der Waals surface area contributed by atoms with Crippen LogP contribution >= 0.6 is 0 Å². The summed E-state index contributed by atoms with van der Waals surface area (Å²) in [7, 11) is 2.06. The van der Waals surface area contributed by atoms with Gasteiger partial charge >= 0.3 is 0 Å². The molecule has 1 aliphatic heterocycles. The predicted molar refractivity (Wildman–Crippen MR) is 62.1 cm³/mol. The Kier molecular flexibility index (Phi) is 2.08. The first-order valence-electron chi connectivity index (χ1n) is 5.05. The highest BCUT2D eigenvalue weighted by Gasteiger charge is 2.27. The van der Waals surface area contributed by atoms with Crippen molar-refractivity contribution in [2.45, 2.75) is 19.4 Å². The van der Waals surface area contributed by atoms with Crippen LogP contribution in [0.4, 0.5) is 11.4 Å². The van der Waals surface area contributed by atoms with Crippen LogP contribution in [0.25, 0.3) is 0 Å². The van der Waals surface area contributed by atoms with E-state index in [1.807, 2.05) is 18.2 Å². The van der Waals surface area contributed by atoms with Crippen LogP contribution in [0.1, 0.15) is 19.4 Å². The summed E-state index contributed by atoms with van der Waals surface area (Å²) < 4.78 is 0. The quantitative estimate of drug-likeness (QED) is 0.699. The topological polar surface area (TPSA) is 39.1 Å². The molecule has 2 rings (SSSR count). The number of nitrogens with zero attached hydrogens (tertiary/aromatic N) is 2. The largest absolute Gasteiger partial charge is 0.377 e. The predicted octanol–water partition coefficient (Wildman–Crippen LogP) is 2.20. The molecule has 0 bridgehead atoms. The molecule has 0 atom stereocenters. The zero-order chi connectivity index (χ0) is 11.1. The summed E-state index contributed by atoms with van der Waals surface area (Å²) >= 11 is 0. The van der Waals surface area contributed by atoms with Gasteiger partial charge in [-0.05, 0) is 32.0 Å². The van der Waals surface area contributed by atoms with Crippen molar-refractivity contribution in [3.63, 3.8) is 0 Å². The lowest BCUT2D eigenvalue weighted by Gasteiger charge is -2.40. The third kappa shape index (κ3) is 1.75. The zero-order valence-electron chi connectivity index (χ0n) is 9.33. The van der Waals surface area contributed by atoms with Gasteiger partial charge in [0.25, 0.3) is 0 Å². The van der Waals surface area contributed by atoms with E-state index in [2.05, 4.69) is 37.2 Å². The summed E-state index contributed by atoms with van der Waals surface area (Å²) in [4.78, 5) is 2.19. The Bertz CT molecular complexity index is 429. The van der Waals surface area contributed by atoms with Gasteiger partial charge in [-0.1, -0.05) is 0 Å². The van der Waals surface area contributed by atoms with E-state index in [0.29, 0.717) is 5.56 Å². The fourth-order valence-electron chi connectivity index (χ4n) is 2.10. The Morgan fingerprint density at radius 2 is 2.20 bits per heavy atom. The van der Waals surface area contributed by atoms with Crippen LogP contribution in [0.5, 0.6) is 0 Å². The minimum absolute atomic E-state index is 0.0793. The molecule has 0 amide bonds. The number of anilines is 2. The highest BCUT2D eigenvalue weighted by atomic mass is 15.2. The molecule has 0 aromatic heterocycles. The molecule has 1 aliphatic rings. The lowest BCUT2D eigenvalue weighted by Crippen LogP contribution is -2.46. The first kappa shape index (κ1) is 9.85. The van der Waals surface area contributed by atoms with Gasteiger partial charge in [-0.2, -0.15) is 5.26 Å². The number of benzene rings is 1. The van der Waals surface area contributed by atoms with E-state index in [9.17, 15) is 0 Å². The monoisotopic (exact) mass is 201 g/mol. The first-order chi connectivity index (χ1) is 7.02. The highest BCUT2D eigenvalue weighted by molar-refractivity contribution is 5.74. The maximum Gasteiger partial charge on any atom is 0.0992 e. The molecule has 0 unspecified atom stereocenters. The molecule has 15 heavy (non-hydrogen) atoms. The molecule has 3 heteroatoms. The molecule has 78 valence electrons. The van der Waals surface area contributed by atoms with Crippen LogP contribution in [0, 0.1) is 11.3 Å². The average Bonchev–Trinajstić information content (AvgIpc) is 2.15.